The van der Waals surface area contributed by atoms with Crippen LogP contribution in [0.1, 0.15) is 39.4 Å². The molecule has 2 heterocycles. The van der Waals surface area contributed by atoms with Crippen molar-refractivity contribution in [3.63, 3.8) is 0 Å². The maximum Gasteiger partial charge on any atom is 0.329 e. The Bertz CT molecular complexity index is 739. The van der Waals surface area contributed by atoms with Crippen LogP contribution >= 0.6 is 0 Å². The topological polar surface area (TPSA) is 118 Å². The van der Waals surface area contributed by atoms with Gasteiger partial charge in [0.25, 0.3) is 11.8 Å². The lowest BCUT2D eigenvalue weighted by Crippen LogP contribution is -2.45. The summed E-state index contributed by atoms with van der Waals surface area (Å²) in [5, 5.41) is 13.4. The summed E-state index contributed by atoms with van der Waals surface area (Å²) in [6.45, 7) is 0. The molecule has 3 rings (SSSR count). The number of hydrogen-bond acceptors (Lipinski definition) is 7. The summed E-state index contributed by atoms with van der Waals surface area (Å²) >= 11 is 0. The van der Waals surface area contributed by atoms with Gasteiger partial charge in [0.05, 0.1) is 18.2 Å². The summed E-state index contributed by atoms with van der Waals surface area (Å²) in [6, 6.07) is 5.52. The van der Waals surface area contributed by atoms with E-state index >= 15 is 0 Å². The Morgan fingerprint density at radius 2 is 1.92 bits per heavy atom. The Morgan fingerprint density at radius 1 is 1.25 bits per heavy atom. The second-order valence-electron chi connectivity index (χ2n) is 5.29. The number of hydrogen-bond donors (Lipinski definition) is 1. The van der Waals surface area contributed by atoms with Crippen molar-refractivity contribution >= 4 is 17.8 Å². The number of amides is 2. The molecule has 0 saturated carbocycles. The Hall–Kier alpha value is -3.10. The number of fused-ring (bicyclic) bond motifs is 1. The highest BCUT2D eigenvalue weighted by Crippen LogP contribution is 2.26. The van der Waals surface area contributed by atoms with Gasteiger partial charge in [-0.2, -0.15) is 5.21 Å². The molecule has 1 unspecified atom stereocenters. The van der Waals surface area contributed by atoms with Crippen LogP contribution in [0.4, 0.5) is 0 Å². The van der Waals surface area contributed by atoms with Crippen molar-refractivity contribution in [2.24, 2.45) is 0 Å². The van der Waals surface area contributed by atoms with Gasteiger partial charge in [-0.1, -0.05) is 17.3 Å². The number of esters is 1. The predicted octanol–water partition coefficient (Wildman–Crippen LogP) is 0.360. The van der Waals surface area contributed by atoms with Gasteiger partial charge in [-0.3, -0.25) is 14.5 Å². The van der Waals surface area contributed by atoms with E-state index in [0.29, 0.717) is 29.8 Å². The van der Waals surface area contributed by atoms with E-state index in [1.54, 1.807) is 24.3 Å². The summed E-state index contributed by atoms with van der Waals surface area (Å²) in [5.41, 5.74) is 0.601. The number of imide groups is 1. The van der Waals surface area contributed by atoms with Crippen molar-refractivity contribution in [1.29, 1.82) is 0 Å². The standard InChI is InChI=1S/C15H15N5O4/c1-24-15(23)11(7-4-8-12-16-18-19-17-12)20-13(21)9-5-2-3-6-10(9)14(20)22/h2-3,5-6,11H,4,7-8H2,1H3,(H,16,17,18,19). The number of rotatable bonds is 6. The number of aromatic nitrogens is 4. The molecule has 2 amide bonds. The molecule has 9 heteroatoms. The van der Waals surface area contributed by atoms with Crippen molar-refractivity contribution < 1.29 is 19.1 Å². The average molecular weight is 329 g/mol. The maximum atomic E-state index is 12.5. The maximum absolute atomic E-state index is 12.5. The van der Waals surface area contributed by atoms with Crippen molar-refractivity contribution in [1.82, 2.24) is 25.5 Å². The molecule has 24 heavy (non-hydrogen) atoms. The normalized spacial score (nSPS) is 14.6. The van der Waals surface area contributed by atoms with Crippen LogP contribution in [0.3, 0.4) is 0 Å². The van der Waals surface area contributed by atoms with Crippen LogP contribution in [0.2, 0.25) is 0 Å². The molecule has 1 aliphatic rings. The predicted molar refractivity (Wildman–Crippen MR) is 79.9 cm³/mol. The van der Waals surface area contributed by atoms with Gasteiger partial charge in [0.15, 0.2) is 5.82 Å². The highest BCUT2D eigenvalue weighted by atomic mass is 16.5. The Labute approximate surface area is 137 Å². The third-order valence-corrected chi connectivity index (χ3v) is 3.88. The molecular formula is C15H15N5O4. The third-order valence-electron chi connectivity index (χ3n) is 3.88. The molecule has 1 aliphatic heterocycles. The van der Waals surface area contributed by atoms with E-state index in [0.717, 1.165) is 4.90 Å². The number of H-pyrrole nitrogens is 1. The number of nitrogens with one attached hydrogen (secondary N) is 1. The summed E-state index contributed by atoms with van der Waals surface area (Å²) in [4.78, 5) is 38.1. The van der Waals surface area contributed by atoms with Crippen LogP contribution < -0.4 is 0 Å². The molecule has 0 aliphatic carbocycles. The number of tetrazole rings is 1. The third kappa shape index (κ3) is 2.75. The molecule has 0 fully saturated rings. The Kier molecular flexibility index (Phi) is 4.32. The quantitative estimate of drug-likeness (QED) is 0.600. The summed E-state index contributed by atoms with van der Waals surface area (Å²) < 4.78 is 4.77. The SMILES string of the molecule is COC(=O)C(CCCc1nn[nH]n1)N1C(=O)c2ccccc2C1=O. The number of aryl methyl sites for hydroxylation is 1. The van der Waals surface area contributed by atoms with Crippen LogP contribution in [0.5, 0.6) is 0 Å². The lowest BCUT2D eigenvalue weighted by Gasteiger charge is -2.23. The molecule has 0 radical (unpaired) electrons. The smallest absolute Gasteiger partial charge is 0.329 e. The summed E-state index contributed by atoms with van der Waals surface area (Å²) in [6.07, 6.45) is 1.21. The van der Waals surface area contributed by atoms with E-state index in [-0.39, 0.29) is 6.42 Å². The number of nitrogens with zero attached hydrogens (tertiary/aromatic N) is 4. The molecule has 9 nitrogen and oxygen atoms in total. The zero-order valence-corrected chi connectivity index (χ0v) is 12.9. The molecule has 0 spiro atoms. The number of aromatic amines is 1. The number of ether oxygens (including phenoxy) is 1. The molecular weight excluding hydrogens is 314 g/mol. The van der Waals surface area contributed by atoms with E-state index in [2.05, 4.69) is 20.6 Å². The van der Waals surface area contributed by atoms with Crippen LogP contribution in [0, 0.1) is 0 Å². The molecule has 1 aromatic carbocycles. The number of carbonyl (C=O) groups is 3. The van der Waals surface area contributed by atoms with Crippen molar-refractivity contribution in [2.45, 2.75) is 25.3 Å². The lowest BCUT2D eigenvalue weighted by molar-refractivity contribution is -0.145. The van der Waals surface area contributed by atoms with Crippen LogP contribution in [0.25, 0.3) is 0 Å². The zero-order chi connectivity index (χ0) is 17.1. The van der Waals surface area contributed by atoms with Crippen molar-refractivity contribution in [2.75, 3.05) is 7.11 Å². The molecule has 1 aromatic heterocycles. The van der Waals surface area contributed by atoms with E-state index in [9.17, 15) is 14.4 Å². The van der Waals surface area contributed by atoms with E-state index < -0.39 is 23.8 Å². The molecule has 0 bridgehead atoms. The summed E-state index contributed by atoms with van der Waals surface area (Å²) in [5.74, 6) is -1.09. The van der Waals surface area contributed by atoms with Crippen LogP contribution in [0.15, 0.2) is 24.3 Å². The van der Waals surface area contributed by atoms with E-state index in [1.807, 2.05) is 0 Å². The fourth-order valence-corrected chi connectivity index (χ4v) is 2.72. The highest BCUT2D eigenvalue weighted by Gasteiger charge is 2.42. The minimum atomic E-state index is -0.977. The second kappa shape index (κ2) is 6.57. The largest absolute Gasteiger partial charge is 0.467 e. The first-order valence-electron chi connectivity index (χ1n) is 7.40. The molecule has 0 saturated heterocycles. The van der Waals surface area contributed by atoms with Gasteiger partial charge in [-0.05, 0) is 25.0 Å². The van der Waals surface area contributed by atoms with Gasteiger partial charge in [-0.15, -0.1) is 10.2 Å². The Morgan fingerprint density at radius 3 is 2.46 bits per heavy atom. The van der Waals surface area contributed by atoms with Gasteiger partial charge >= 0.3 is 5.97 Å². The fourth-order valence-electron chi connectivity index (χ4n) is 2.72. The zero-order valence-electron chi connectivity index (χ0n) is 12.9. The molecule has 2 aromatic rings. The van der Waals surface area contributed by atoms with E-state index in [1.165, 1.54) is 7.11 Å². The van der Waals surface area contributed by atoms with Gasteiger partial charge < -0.3 is 4.74 Å². The summed E-state index contributed by atoms with van der Waals surface area (Å²) in [7, 11) is 1.23. The highest BCUT2D eigenvalue weighted by molar-refractivity contribution is 6.22. The van der Waals surface area contributed by atoms with Gasteiger partial charge in [0, 0.05) is 6.42 Å². The number of carbonyl (C=O) groups excluding carboxylic acids is 3. The molecule has 1 N–H and O–H groups in total. The minimum Gasteiger partial charge on any atom is -0.467 e. The van der Waals surface area contributed by atoms with Gasteiger partial charge in [-0.25, -0.2) is 4.79 Å². The molecule has 1 atom stereocenters. The van der Waals surface area contributed by atoms with Gasteiger partial charge in [0.1, 0.15) is 6.04 Å². The van der Waals surface area contributed by atoms with Gasteiger partial charge in [0.2, 0.25) is 0 Å². The number of methoxy groups -OCH3 is 1. The van der Waals surface area contributed by atoms with Crippen LogP contribution in [-0.2, 0) is 16.0 Å². The average Bonchev–Trinajstić information content (AvgIpc) is 3.20. The minimum absolute atomic E-state index is 0.257. The second-order valence-corrected chi connectivity index (χ2v) is 5.29. The first-order valence-corrected chi connectivity index (χ1v) is 7.40. The van der Waals surface area contributed by atoms with Crippen molar-refractivity contribution in [3.05, 3.63) is 41.2 Å². The first kappa shape index (κ1) is 15.8. The monoisotopic (exact) mass is 329 g/mol. The number of benzene rings is 1. The molecule has 124 valence electrons. The van der Waals surface area contributed by atoms with Crippen molar-refractivity contribution in [3.8, 4) is 0 Å². The lowest BCUT2D eigenvalue weighted by atomic mass is 10.1. The fraction of sp³-hybridized carbons (Fsp3) is 0.333. The Balaban J connectivity index is 1.78. The van der Waals surface area contributed by atoms with E-state index in [4.69, 9.17) is 4.74 Å². The van der Waals surface area contributed by atoms with Crippen LogP contribution in [-0.4, -0.2) is 56.5 Å². The first-order chi connectivity index (χ1) is 11.6.